The maximum absolute atomic E-state index is 13.5. The smallest absolute Gasteiger partial charge is 0.244 e. The van der Waals surface area contributed by atoms with Crippen molar-refractivity contribution in [2.75, 3.05) is 18.4 Å². The van der Waals surface area contributed by atoms with Crippen LogP contribution < -0.4 is 5.32 Å². The topological polar surface area (TPSA) is 84.2 Å². The van der Waals surface area contributed by atoms with Crippen LogP contribution in [-0.4, -0.2) is 39.0 Å². The number of benzene rings is 1. The van der Waals surface area contributed by atoms with Gasteiger partial charge in [-0.05, 0) is 76.1 Å². The van der Waals surface area contributed by atoms with E-state index in [-0.39, 0.29) is 23.7 Å². The number of carbonyl (C=O) groups excluding carboxylic acids is 1. The van der Waals surface area contributed by atoms with Gasteiger partial charge in [0.25, 0.3) is 0 Å². The molecule has 4 rings (SSSR count). The van der Waals surface area contributed by atoms with E-state index in [1.54, 1.807) is 25.1 Å². The Kier molecular flexibility index (Phi) is 6.08. The van der Waals surface area contributed by atoms with E-state index in [0.29, 0.717) is 35.2 Å². The van der Waals surface area contributed by atoms with Crippen molar-refractivity contribution >= 4 is 11.7 Å². The molecule has 3 aromatic rings. The summed E-state index contributed by atoms with van der Waals surface area (Å²) < 4.78 is 19.0. The van der Waals surface area contributed by atoms with E-state index < -0.39 is 0 Å². The molecular weight excluding hydrogens is 397 g/mol. The van der Waals surface area contributed by atoms with Gasteiger partial charge in [0.2, 0.25) is 17.6 Å². The van der Waals surface area contributed by atoms with Gasteiger partial charge in [0.1, 0.15) is 11.6 Å². The van der Waals surface area contributed by atoms with Gasteiger partial charge in [0, 0.05) is 17.8 Å². The number of hydrogen-bond donors (Lipinski definition) is 1. The Bertz CT molecular complexity index is 1080. The molecule has 2 atom stereocenters. The molecule has 1 aliphatic rings. The van der Waals surface area contributed by atoms with Crippen LogP contribution in [0, 0.1) is 25.6 Å². The lowest BCUT2D eigenvalue weighted by Crippen LogP contribution is -2.42. The summed E-state index contributed by atoms with van der Waals surface area (Å²) in [5, 5.41) is 7.00. The number of rotatable bonds is 5. The van der Waals surface area contributed by atoms with Crippen LogP contribution in [-0.2, 0) is 4.79 Å². The molecule has 2 unspecified atom stereocenters. The average molecular weight is 423 g/mol. The van der Waals surface area contributed by atoms with Crippen LogP contribution in [0.5, 0.6) is 0 Å². The van der Waals surface area contributed by atoms with Crippen molar-refractivity contribution in [2.24, 2.45) is 5.92 Å². The number of nitrogens with one attached hydrogen (secondary N) is 1. The second kappa shape index (κ2) is 8.93. The highest BCUT2D eigenvalue weighted by Crippen LogP contribution is 2.28. The lowest BCUT2D eigenvalue weighted by molar-refractivity contribution is -0.121. The first-order valence-electron chi connectivity index (χ1n) is 10.5. The minimum absolute atomic E-state index is 0.0250. The first-order valence-corrected chi connectivity index (χ1v) is 10.5. The molecule has 0 aliphatic carbocycles. The number of nitrogens with zero attached hydrogens (tertiary/aromatic N) is 4. The summed E-state index contributed by atoms with van der Waals surface area (Å²) in [5.41, 5.74) is 2.10. The first-order chi connectivity index (χ1) is 14.9. The molecule has 0 spiro atoms. The van der Waals surface area contributed by atoms with Gasteiger partial charge in [-0.3, -0.25) is 9.69 Å². The summed E-state index contributed by atoms with van der Waals surface area (Å²) in [6.45, 7) is 7.04. The molecule has 3 heterocycles. The monoisotopic (exact) mass is 423 g/mol. The van der Waals surface area contributed by atoms with Gasteiger partial charge in [-0.1, -0.05) is 11.2 Å². The number of hydrogen-bond acceptors (Lipinski definition) is 6. The standard InChI is InChI=1S/C23H26FN5O2/c1-14-12-17(9-10-19(14)24)21-27-23(31-28-21)16(3)29-11-5-7-18(13-29)22(30)26-20-8-4-6-15(2)25-20/h4,6,8-10,12,16,18H,5,7,11,13H2,1-3H3,(H,25,26,30). The van der Waals surface area contributed by atoms with Crippen LogP contribution in [0.25, 0.3) is 11.4 Å². The molecule has 1 N–H and O–H groups in total. The van der Waals surface area contributed by atoms with Crippen molar-refractivity contribution in [1.82, 2.24) is 20.0 Å². The molecule has 2 aromatic heterocycles. The van der Waals surface area contributed by atoms with E-state index in [4.69, 9.17) is 4.52 Å². The SMILES string of the molecule is Cc1cccc(NC(=O)C2CCCN(C(C)c3nc(-c4ccc(F)c(C)c4)no3)C2)n1. The zero-order valence-corrected chi connectivity index (χ0v) is 17.9. The highest BCUT2D eigenvalue weighted by molar-refractivity contribution is 5.91. The summed E-state index contributed by atoms with van der Waals surface area (Å²) in [5.74, 6) is 1.06. The summed E-state index contributed by atoms with van der Waals surface area (Å²) in [4.78, 5) is 23.8. The minimum Gasteiger partial charge on any atom is -0.337 e. The number of piperidine rings is 1. The third kappa shape index (κ3) is 4.80. The minimum atomic E-state index is -0.265. The van der Waals surface area contributed by atoms with E-state index in [9.17, 15) is 9.18 Å². The highest BCUT2D eigenvalue weighted by Gasteiger charge is 2.31. The number of aromatic nitrogens is 3. The molecule has 1 fully saturated rings. The fourth-order valence-electron chi connectivity index (χ4n) is 3.88. The third-order valence-corrected chi connectivity index (χ3v) is 5.73. The van der Waals surface area contributed by atoms with Crippen molar-refractivity contribution in [1.29, 1.82) is 0 Å². The first kappa shape index (κ1) is 21.1. The van der Waals surface area contributed by atoms with Crippen LogP contribution >= 0.6 is 0 Å². The van der Waals surface area contributed by atoms with Gasteiger partial charge in [-0.15, -0.1) is 0 Å². The molecule has 7 nitrogen and oxygen atoms in total. The van der Waals surface area contributed by atoms with Crippen LogP contribution in [0.1, 0.15) is 43.0 Å². The third-order valence-electron chi connectivity index (χ3n) is 5.73. The Morgan fingerprint density at radius 2 is 2.10 bits per heavy atom. The van der Waals surface area contributed by atoms with E-state index in [2.05, 4.69) is 25.3 Å². The summed E-state index contributed by atoms with van der Waals surface area (Å²) in [6, 6.07) is 10.2. The molecule has 1 aliphatic heterocycles. The Hall–Kier alpha value is -3.13. The number of amides is 1. The summed E-state index contributed by atoms with van der Waals surface area (Å²) in [7, 11) is 0. The van der Waals surface area contributed by atoms with Crippen molar-refractivity contribution in [3.8, 4) is 11.4 Å². The maximum atomic E-state index is 13.5. The van der Waals surface area contributed by atoms with Gasteiger partial charge in [-0.25, -0.2) is 9.37 Å². The predicted molar refractivity (Wildman–Crippen MR) is 115 cm³/mol. The van der Waals surface area contributed by atoms with Gasteiger partial charge in [0.15, 0.2) is 0 Å². The van der Waals surface area contributed by atoms with Gasteiger partial charge < -0.3 is 9.84 Å². The van der Waals surface area contributed by atoms with Crippen LogP contribution in [0.3, 0.4) is 0 Å². The number of pyridine rings is 1. The zero-order valence-electron chi connectivity index (χ0n) is 17.9. The number of anilines is 1. The molecule has 1 aromatic carbocycles. The van der Waals surface area contributed by atoms with E-state index >= 15 is 0 Å². The Morgan fingerprint density at radius 3 is 2.87 bits per heavy atom. The number of aryl methyl sites for hydroxylation is 2. The van der Waals surface area contributed by atoms with Crippen molar-refractivity contribution in [2.45, 2.75) is 39.7 Å². The average Bonchev–Trinajstić information content (AvgIpc) is 3.25. The maximum Gasteiger partial charge on any atom is 0.244 e. The van der Waals surface area contributed by atoms with E-state index in [1.807, 2.05) is 26.0 Å². The molecule has 0 bridgehead atoms. The molecule has 31 heavy (non-hydrogen) atoms. The number of halogens is 1. The molecule has 1 saturated heterocycles. The largest absolute Gasteiger partial charge is 0.337 e. The second-order valence-electron chi connectivity index (χ2n) is 8.08. The molecule has 0 saturated carbocycles. The lowest BCUT2D eigenvalue weighted by Gasteiger charge is -2.34. The second-order valence-corrected chi connectivity index (χ2v) is 8.08. The quantitative estimate of drug-likeness (QED) is 0.659. The molecule has 0 radical (unpaired) electrons. The van der Waals surface area contributed by atoms with E-state index in [0.717, 1.165) is 25.1 Å². The molecule has 162 valence electrons. The highest BCUT2D eigenvalue weighted by atomic mass is 19.1. The Balaban J connectivity index is 1.43. The predicted octanol–water partition coefficient (Wildman–Crippen LogP) is 4.30. The van der Waals surface area contributed by atoms with Gasteiger partial charge >= 0.3 is 0 Å². The lowest BCUT2D eigenvalue weighted by atomic mass is 9.96. The normalized spacial score (nSPS) is 18.0. The van der Waals surface area contributed by atoms with E-state index in [1.165, 1.54) is 6.07 Å². The Labute approximate surface area is 180 Å². The zero-order chi connectivity index (χ0) is 22.0. The van der Waals surface area contributed by atoms with Crippen LogP contribution in [0.4, 0.5) is 10.2 Å². The van der Waals surface area contributed by atoms with Crippen molar-refractivity contribution in [3.05, 3.63) is 59.4 Å². The fraction of sp³-hybridized carbons (Fsp3) is 0.391. The molecule has 1 amide bonds. The van der Waals surface area contributed by atoms with Crippen molar-refractivity contribution in [3.63, 3.8) is 0 Å². The van der Waals surface area contributed by atoms with Gasteiger partial charge in [0.05, 0.1) is 12.0 Å². The summed E-state index contributed by atoms with van der Waals surface area (Å²) >= 11 is 0. The molecule has 8 heteroatoms. The van der Waals surface area contributed by atoms with Crippen LogP contribution in [0.15, 0.2) is 40.9 Å². The molecular formula is C23H26FN5O2. The van der Waals surface area contributed by atoms with Gasteiger partial charge in [-0.2, -0.15) is 4.98 Å². The van der Waals surface area contributed by atoms with Crippen molar-refractivity contribution < 1.29 is 13.7 Å². The van der Waals surface area contributed by atoms with Crippen LogP contribution in [0.2, 0.25) is 0 Å². The number of likely N-dealkylation sites (tertiary alicyclic amines) is 1. The number of carbonyl (C=O) groups is 1. The Morgan fingerprint density at radius 1 is 1.26 bits per heavy atom. The summed E-state index contributed by atoms with van der Waals surface area (Å²) in [6.07, 6.45) is 1.73. The fourth-order valence-corrected chi connectivity index (χ4v) is 3.88.